The van der Waals surface area contributed by atoms with Gasteiger partial charge in [-0.25, -0.2) is 0 Å². The van der Waals surface area contributed by atoms with Gasteiger partial charge in [0.15, 0.2) is 0 Å². The second-order valence-corrected chi connectivity index (χ2v) is 9.08. The molecule has 0 unspecified atom stereocenters. The topological polar surface area (TPSA) is 20.2 Å². The zero-order chi connectivity index (χ0) is 18.5. The summed E-state index contributed by atoms with van der Waals surface area (Å²) in [7, 11) is 0. The van der Waals surface area contributed by atoms with Crippen molar-refractivity contribution in [1.29, 1.82) is 0 Å². The quantitative estimate of drug-likeness (QED) is 0.574. The van der Waals surface area contributed by atoms with Gasteiger partial charge in [-0.15, -0.1) is 0 Å². The van der Waals surface area contributed by atoms with Crippen LogP contribution >= 0.6 is 0 Å². The van der Waals surface area contributed by atoms with Crippen molar-refractivity contribution >= 4 is 10.8 Å². The largest absolute Gasteiger partial charge is 0.392 e. The van der Waals surface area contributed by atoms with Gasteiger partial charge in [0, 0.05) is 0 Å². The molecule has 3 aromatic carbocycles. The van der Waals surface area contributed by atoms with Crippen LogP contribution in [-0.2, 0) is 17.4 Å². The molecule has 0 heterocycles. The molecule has 0 radical (unpaired) electrons. The molecule has 0 aliphatic heterocycles. The van der Waals surface area contributed by atoms with Crippen LogP contribution in [0, 0.1) is 0 Å². The Hall–Kier alpha value is -2.12. The van der Waals surface area contributed by atoms with Crippen molar-refractivity contribution in [2.24, 2.45) is 0 Å². The van der Waals surface area contributed by atoms with E-state index < -0.39 is 0 Å². The molecule has 3 aromatic rings. The van der Waals surface area contributed by atoms with Gasteiger partial charge in [-0.05, 0) is 68.3 Å². The van der Waals surface area contributed by atoms with Gasteiger partial charge >= 0.3 is 0 Å². The molecule has 26 heavy (non-hydrogen) atoms. The molecular formula is C25H28O. The van der Waals surface area contributed by atoms with E-state index in [0.717, 1.165) is 5.56 Å². The summed E-state index contributed by atoms with van der Waals surface area (Å²) < 4.78 is 0. The Morgan fingerprint density at radius 2 is 1.23 bits per heavy atom. The summed E-state index contributed by atoms with van der Waals surface area (Å²) in [5, 5.41) is 11.9. The molecule has 134 valence electrons. The highest BCUT2D eigenvalue weighted by molar-refractivity contribution is 5.89. The number of hydrogen-bond donors (Lipinski definition) is 1. The van der Waals surface area contributed by atoms with E-state index in [1.165, 1.54) is 45.9 Å². The Labute approximate surface area is 156 Å². The van der Waals surface area contributed by atoms with Crippen LogP contribution in [0.1, 0.15) is 57.2 Å². The van der Waals surface area contributed by atoms with E-state index in [1.54, 1.807) is 0 Å². The summed E-state index contributed by atoms with van der Waals surface area (Å²) in [6.45, 7) is 9.61. The summed E-state index contributed by atoms with van der Waals surface area (Å²) in [4.78, 5) is 0. The molecule has 0 amide bonds. The third-order valence-corrected chi connectivity index (χ3v) is 6.28. The Bertz CT molecular complexity index is 961. The SMILES string of the molecule is CC1(C)CCC(C)(C)c2cc3cc(-c4ccc(CO)cc4)ccc3cc21. The van der Waals surface area contributed by atoms with Crippen molar-refractivity contribution in [3.63, 3.8) is 0 Å². The second kappa shape index (κ2) is 5.96. The van der Waals surface area contributed by atoms with E-state index in [0.29, 0.717) is 0 Å². The molecular weight excluding hydrogens is 316 g/mol. The van der Waals surface area contributed by atoms with Crippen molar-refractivity contribution in [1.82, 2.24) is 0 Å². The molecule has 0 fully saturated rings. The monoisotopic (exact) mass is 344 g/mol. The minimum Gasteiger partial charge on any atom is -0.392 e. The lowest BCUT2D eigenvalue weighted by Crippen LogP contribution is -2.33. The molecule has 0 aromatic heterocycles. The number of hydrogen-bond acceptors (Lipinski definition) is 1. The van der Waals surface area contributed by atoms with Crippen LogP contribution in [0.5, 0.6) is 0 Å². The standard InChI is InChI=1S/C25H28O/c1-24(2)11-12-25(3,4)23-15-21-13-19(9-10-20(21)14-22(23)24)18-7-5-17(16-26)6-8-18/h5-10,13-15,26H,11-12,16H2,1-4H3. The molecule has 0 saturated carbocycles. The third-order valence-electron chi connectivity index (χ3n) is 6.28. The molecule has 0 spiro atoms. The summed E-state index contributed by atoms with van der Waals surface area (Å²) >= 11 is 0. The molecule has 1 nitrogen and oxygen atoms in total. The van der Waals surface area contributed by atoms with Crippen molar-refractivity contribution < 1.29 is 5.11 Å². The zero-order valence-corrected chi connectivity index (χ0v) is 16.3. The van der Waals surface area contributed by atoms with Crippen molar-refractivity contribution in [2.75, 3.05) is 0 Å². The first-order valence-electron chi connectivity index (χ1n) is 9.59. The Kier molecular flexibility index (Phi) is 3.96. The average molecular weight is 344 g/mol. The Morgan fingerprint density at radius 1 is 0.692 bits per heavy atom. The van der Waals surface area contributed by atoms with Crippen LogP contribution in [0.4, 0.5) is 0 Å². The van der Waals surface area contributed by atoms with E-state index >= 15 is 0 Å². The Balaban J connectivity index is 1.86. The van der Waals surface area contributed by atoms with Crippen molar-refractivity contribution in [3.8, 4) is 11.1 Å². The second-order valence-electron chi connectivity index (χ2n) is 9.08. The molecule has 1 heteroatoms. The molecule has 4 rings (SSSR count). The van der Waals surface area contributed by atoms with Gasteiger partial charge in [-0.1, -0.05) is 76.2 Å². The van der Waals surface area contributed by atoms with E-state index in [1.807, 2.05) is 12.1 Å². The highest BCUT2D eigenvalue weighted by atomic mass is 16.3. The van der Waals surface area contributed by atoms with Crippen LogP contribution in [0.15, 0.2) is 54.6 Å². The van der Waals surface area contributed by atoms with Crippen molar-refractivity contribution in [3.05, 3.63) is 71.3 Å². The van der Waals surface area contributed by atoms with Gasteiger partial charge in [-0.2, -0.15) is 0 Å². The number of benzene rings is 3. The van der Waals surface area contributed by atoms with Gasteiger partial charge in [0.1, 0.15) is 0 Å². The lowest BCUT2D eigenvalue weighted by molar-refractivity contribution is 0.282. The first-order valence-corrected chi connectivity index (χ1v) is 9.59. The van der Waals surface area contributed by atoms with Gasteiger partial charge in [0.05, 0.1) is 6.61 Å². The fourth-order valence-corrected chi connectivity index (χ4v) is 4.29. The fourth-order valence-electron chi connectivity index (χ4n) is 4.29. The van der Waals surface area contributed by atoms with Gasteiger partial charge in [-0.3, -0.25) is 0 Å². The van der Waals surface area contributed by atoms with Crippen LogP contribution in [0.3, 0.4) is 0 Å². The normalized spacial score (nSPS) is 17.9. The van der Waals surface area contributed by atoms with E-state index in [9.17, 15) is 5.11 Å². The smallest absolute Gasteiger partial charge is 0.0681 e. The third kappa shape index (κ3) is 2.85. The maximum Gasteiger partial charge on any atom is 0.0681 e. The van der Waals surface area contributed by atoms with E-state index in [2.05, 4.69) is 70.2 Å². The maximum atomic E-state index is 9.24. The Morgan fingerprint density at radius 3 is 1.81 bits per heavy atom. The molecule has 1 aliphatic carbocycles. The molecule has 1 N–H and O–H groups in total. The summed E-state index contributed by atoms with van der Waals surface area (Å²) in [6.07, 6.45) is 2.48. The molecule has 0 bridgehead atoms. The van der Waals surface area contributed by atoms with Gasteiger partial charge in [0.2, 0.25) is 0 Å². The number of fused-ring (bicyclic) bond motifs is 2. The molecule has 0 atom stereocenters. The lowest BCUT2D eigenvalue weighted by Gasteiger charge is -2.42. The van der Waals surface area contributed by atoms with E-state index in [-0.39, 0.29) is 17.4 Å². The van der Waals surface area contributed by atoms with Crippen LogP contribution in [0.25, 0.3) is 21.9 Å². The first kappa shape index (κ1) is 17.3. The molecule has 0 saturated heterocycles. The minimum absolute atomic E-state index is 0.0923. The molecule has 1 aliphatic rings. The lowest BCUT2D eigenvalue weighted by atomic mass is 9.63. The van der Waals surface area contributed by atoms with E-state index in [4.69, 9.17) is 0 Å². The van der Waals surface area contributed by atoms with Crippen molar-refractivity contribution in [2.45, 2.75) is 58.0 Å². The van der Waals surface area contributed by atoms with Crippen LogP contribution in [0.2, 0.25) is 0 Å². The first-order chi connectivity index (χ1) is 12.3. The average Bonchev–Trinajstić information content (AvgIpc) is 2.64. The number of rotatable bonds is 2. The highest BCUT2D eigenvalue weighted by Gasteiger charge is 2.37. The number of aliphatic hydroxyl groups is 1. The van der Waals surface area contributed by atoms with Gasteiger partial charge < -0.3 is 5.11 Å². The summed E-state index contributed by atoms with van der Waals surface area (Å²) in [5.74, 6) is 0. The minimum atomic E-state index is 0.0923. The summed E-state index contributed by atoms with van der Waals surface area (Å²) in [6, 6.07) is 19.8. The predicted molar refractivity (Wildman–Crippen MR) is 111 cm³/mol. The van der Waals surface area contributed by atoms with Gasteiger partial charge in [0.25, 0.3) is 0 Å². The fraction of sp³-hybridized carbons (Fsp3) is 0.360. The highest BCUT2D eigenvalue weighted by Crippen LogP contribution is 2.47. The predicted octanol–water partition coefficient (Wildman–Crippen LogP) is 6.35. The van der Waals surface area contributed by atoms with Crippen LogP contribution in [-0.4, -0.2) is 5.11 Å². The van der Waals surface area contributed by atoms with Crippen LogP contribution < -0.4 is 0 Å². The summed E-state index contributed by atoms with van der Waals surface area (Å²) in [5.41, 5.74) is 6.88. The zero-order valence-electron chi connectivity index (χ0n) is 16.3. The number of aliphatic hydroxyl groups excluding tert-OH is 1. The maximum absolute atomic E-state index is 9.24.